The van der Waals surface area contributed by atoms with E-state index < -0.39 is 0 Å². The van der Waals surface area contributed by atoms with Gasteiger partial charge in [-0.25, -0.2) is 9.97 Å². The summed E-state index contributed by atoms with van der Waals surface area (Å²) >= 11 is 30.3. The number of hydrogen-bond donors (Lipinski definition) is 0. The van der Waals surface area contributed by atoms with Crippen molar-refractivity contribution in [3.8, 4) is 11.6 Å². The van der Waals surface area contributed by atoms with Crippen LogP contribution < -0.4 is 4.74 Å². The number of pyridine rings is 1. The lowest BCUT2D eigenvalue weighted by Crippen LogP contribution is -2.00. The minimum atomic E-state index is -0.254. The van der Waals surface area contributed by atoms with Crippen molar-refractivity contribution in [2.24, 2.45) is 0 Å². The number of ether oxygens (including phenoxy) is 1. The topological polar surface area (TPSA) is 47.9 Å². The molecular weight excluding hydrogens is 476 g/mol. The summed E-state index contributed by atoms with van der Waals surface area (Å²) in [4.78, 5) is 12.5. The Morgan fingerprint density at radius 2 is 1.69 bits per heavy atom. The predicted molar refractivity (Wildman–Crippen MR) is 119 cm³/mol. The third kappa shape index (κ3) is 5.87. The third-order valence-corrected chi connectivity index (χ3v) is 5.70. The maximum atomic E-state index is 6.36. The molecule has 29 heavy (non-hydrogen) atoms. The number of alkyl halides is 1. The van der Waals surface area contributed by atoms with Crippen molar-refractivity contribution in [3.63, 3.8) is 0 Å². The Kier molecular flexibility index (Phi) is 7.83. The van der Waals surface area contributed by atoms with Crippen LogP contribution in [-0.4, -0.2) is 15.0 Å². The van der Waals surface area contributed by atoms with Crippen molar-refractivity contribution in [1.29, 1.82) is 0 Å². The van der Waals surface area contributed by atoms with Crippen LogP contribution in [0.4, 0.5) is 0 Å². The van der Waals surface area contributed by atoms with Gasteiger partial charge in [-0.3, -0.25) is 0 Å². The molecule has 9 heteroatoms. The Bertz CT molecular complexity index is 996. The normalized spacial score (nSPS) is 12.1. The van der Waals surface area contributed by atoms with E-state index in [0.29, 0.717) is 16.5 Å². The fraction of sp³-hybridized carbons (Fsp3) is 0.250. The van der Waals surface area contributed by atoms with Crippen LogP contribution in [-0.2, 0) is 12.8 Å². The van der Waals surface area contributed by atoms with E-state index in [4.69, 9.17) is 62.7 Å². The maximum Gasteiger partial charge on any atom is 0.239 e. The highest BCUT2D eigenvalue weighted by molar-refractivity contribution is 6.42. The fourth-order valence-corrected chi connectivity index (χ4v) is 3.77. The monoisotopic (exact) mass is 489 g/mol. The molecule has 0 N–H and O–H groups in total. The summed E-state index contributed by atoms with van der Waals surface area (Å²) in [6.07, 6.45) is 3.98. The molecule has 0 aliphatic carbocycles. The first kappa shape index (κ1) is 22.4. The van der Waals surface area contributed by atoms with E-state index in [2.05, 4.69) is 15.0 Å². The molecule has 1 aromatic carbocycles. The highest BCUT2D eigenvalue weighted by Crippen LogP contribution is 2.33. The van der Waals surface area contributed by atoms with Crippen LogP contribution >= 0.6 is 58.0 Å². The van der Waals surface area contributed by atoms with Gasteiger partial charge in [0.05, 0.1) is 26.8 Å². The van der Waals surface area contributed by atoms with Gasteiger partial charge >= 0.3 is 0 Å². The maximum absolute atomic E-state index is 6.36. The zero-order valence-electron chi connectivity index (χ0n) is 15.3. The van der Waals surface area contributed by atoms with E-state index in [9.17, 15) is 0 Å². The number of halogens is 5. The van der Waals surface area contributed by atoms with Crippen molar-refractivity contribution in [2.45, 2.75) is 31.6 Å². The number of aryl methyl sites for hydroxylation is 2. The molecule has 152 valence electrons. The van der Waals surface area contributed by atoms with Gasteiger partial charge in [0.15, 0.2) is 5.15 Å². The van der Waals surface area contributed by atoms with E-state index >= 15 is 0 Å². The van der Waals surface area contributed by atoms with Gasteiger partial charge in [-0.15, -0.1) is 11.6 Å². The molecular formula is C20H16Cl5N3O. The average Bonchev–Trinajstić information content (AvgIpc) is 2.68. The highest BCUT2D eigenvalue weighted by Gasteiger charge is 2.13. The predicted octanol–water partition coefficient (Wildman–Crippen LogP) is 7.75. The van der Waals surface area contributed by atoms with E-state index in [1.54, 1.807) is 0 Å². The largest absolute Gasteiger partial charge is 0.437 e. The lowest BCUT2D eigenvalue weighted by Gasteiger charge is -2.10. The summed E-state index contributed by atoms with van der Waals surface area (Å²) < 4.78 is 5.69. The van der Waals surface area contributed by atoms with Gasteiger partial charge in [-0.05, 0) is 49.9 Å². The van der Waals surface area contributed by atoms with Crippen LogP contribution in [0.25, 0.3) is 0 Å². The second-order valence-electron chi connectivity index (χ2n) is 6.28. The second kappa shape index (κ2) is 10.1. The molecule has 3 rings (SSSR count). The Labute approximate surface area is 194 Å². The summed E-state index contributed by atoms with van der Waals surface area (Å²) in [5.41, 5.74) is 2.63. The highest BCUT2D eigenvalue weighted by atomic mass is 35.5. The van der Waals surface area contributed by atoms with Gasteiger partial charge in [0, 0.05) is 0 Å². The smallest absolute Gasteiger partial charge is 0.239 e. The Balaban J connectivity index is 1.59. The lowest BCUT2D eigenvalue weighted by atomic mass is 10.1. The van der Waals surface area contributed by atoms with Crippen LogP contribution in [0.15, 0.2) is 36.7 Å². The minimum Gasteiger partial charge on any atom is -0.437 e. The molecule has 0 spiro atoms. The van der Waals surface area contributed by atoms with Gasteiger partial charge in [-0.2, -0.15) is 4.98 Å². The van der Waals surface area contributed by atoms with Crippen molar-refractivity contribution >= 4 is 58.0 Å². The van der Waals surface area contributed by atoms with Gasteiger partial charge in [0.1, 0.15) is 17.1 Å². The Hall–Kier alpha value is -1.30. The second-order valence-corrected chi connectivity index (χ2v) is 8.49. The van der Waals surface area contributed by atoms with Gasteiger partial charge in [-0.1, -0.05) is 58.5 Å². The van der Waals surface area contributed by atoms with E-state index in [0.717, 1.165) is 30.5 Å². The van der Waals surface area contributed by atoms with Crippen LogP contribution in [0.3, 0.4) is 0 Å². The number of rotatable bonds is 7. The third-order valence-electron chi connectivity index (χ3n) is 4.14. The van der Waals surface area contributed by atoms with Crippen molar-refractivity contribution in [2.75, 3.05) is 0 Å². The van der Waals surface area contributed by atoms with Crippen LogP contribution in [0.1, 0.15) is 35.7 Å². The minimum absolute atomic E-state index is 0.137. The van der Waals surface area contributed by atoms with Crippen LogP contribution in [0.5, 0.6) is 11.6 Å². The molecule has 0 saturated carbocycles. The molecule has 2 heterocycles. The zero-order chi connectivity index (χ0) is 21.0. The first-order chi connectivity index (χ1) is 13.8. The van der Waals surface area contributed by atoms with Crippen molar-refractivity contribution in [3.05, 3.63) is 73.8 Å². The first-order valence-electron chi connectivity index (χ1n) is 8.77. The molecule has 1 atom stereocenters. The summed E-state index contributed by atoms with van der Waals surface area (Å²) in [6, 6.07) is 9.15. The number of nitrogens with zero attached hydrogens (tertiary/aromatic N) is 3. The zero-order valence-corrected chi connectivity index (χ0v) is 19.1. The summed E-state index contributed by atoms with van der Waals surface area (Å²) in [5.74, 6) is 0.803. The number of aromatic nitrogens is 3. The molecule has 1 unspecified atom stereocenters. The van der Waals surface area contributed by atoms with Crippen LogP contribution in [0.2, 0.25) is 20.2 Å². The van der Waals surface area contributed by atoms with E-state index in [1.807, 2.05) is 31.2 Å². The fourth-order valence-electron chi connectivity index (χ4n) is 2.67. The molecule has 0 aliphatic rings. The van der Waals surface area contributed by atoms with Gasteiger partial charge in [0.2, 0.25) is 5.88 Å². The van der Waals surface area contributed by atoms with Crippen molar-refractivity contribution < 1.29 is 4.74 Å². The molecule has 3 aromatic rings. The van der Waals surface area contributed by atoms with Crippen LogP contribution in [0, 0.1) is 0 Å². The average molecular weight is 492 g/mol. The lowest BCUT2D eigenvalue weighted by molar-refractivity contribution is 0.463. The summed E-state index contributed by atoms with van der Waals surface area (Å²) in [5, 5.41) is 0.990. The molecule has 2 aromatic heterocycles. The molecule has 0 radical (unpaired) electrons. The van der Waals surface area contributed by atoms with E-state index in [-0.39, 0.29) is 26.5 Å². The van der Waals surface area contributed by atoms with Crippen molar-refractivity contribution in [1.82, 2.24) is 15.0 Å². The Morgan fingerprint density at radius 1 is 0.966 bits per heavy atom. The summed E-state index contributed by atoms with van der Waals surface area (Å²) in [6.45, 7) is 1.84. The van der Waals surface area contributed by atoms with E-state index in [1.165, 1.54) is 12.4 Å². The SMILES string of the molecule is CC(Cl)c1ncnc(CCCc2ccc(Oc3nc(Cl)c(Cl)cc3Cl)cc2)c1Cl. The Morgan fingerprint density at radius 3 is 2.38 bits per heavy atom. The molecule has 4 nitrogen and oxygen atoms in total. The van der Waals surface area contributed by atoms with Gasteiger partial charge in [0.25, 0.3) is 0 Å². The molecule has 0 aliphatic heterocycles. The standard InChI is InChI=1S/C20H16Cl5N3O/c1-11(21)18-17(24)16(26-10-27-18)4-2-3-12-5-7-13(8-6-12)29-20-15(23)9-14(22)19(25)28-20/h5-11H,2-4H2,1H3. The molecule has 0 bridgehead atoms. The first-order valence-corrected chi connectivity index (χ1v) is 10.7. The number of hydrogen-bond acceptors (Lipinski definition) is 4. The molecule has 0 fully saturated rings. The quantitative estimate of drug-likeness (QED) is 0.250. The summed E-state index contributed by atoms with van der Waals surface area (Å²) in [7, 11) is 0. The number of benzene rings is 1. The molecule has 0 amide bonds. The molecule has 0 saturated heterocycles. The van der Waals surface area contributed by atoms with Gasteiger partial charge < -0.3 is 4.74 Å².